The van der Waals surface area contributed by atoms with E-state index in [2.05, 4.69) is 15.6 Å². The molecule has 2 atom stereocenters. The predicted octanol–water partition coefficient (Wildman–Crippen LogP) is 2.92. The number of aromatic carboxylic acids is 1. The van der Waals surface area contributed by atoms with Crippen molar-refractivity contribution < 1.29 is 24.6 Å². The molecule has 0 aliphatic rings. The van der Waals surface area contributed by atoms with Gasteiger partial charge in [0.05, 0.1) is 0 Å². The highest BCUT2D eigenvalue weighted by molar-refractivity contribution is 7.16. The molecule has 0 radical (unpaired) electrons. The fourth-order valence-corrected chi connectivity index (χ4v) is 3.68. The number of hydrogen-bond donors (Lipinski definition) is 4. The van der Waals surface area contributed by atoms with Gasteiger partial charge >= 0.3 is 5.97 Å². The Kier molecular flexibility index (Phi) is 7.86. The highest BCUT2D eigenvalue weighted by Crippen LogP contribution is 2.30. The Morgan fingerprint density at radius 3 is 2.31 bits per heavy atom. The third kappa shape index (κ3) is 5.85. The molecule has 0 unspecified atom stereocenters. The van der Waals surface area contributed by atoms with Crippen molar-refractivity contribution in [3.63, 3.8) is 0 Å². The van der Waals surface area contributed by atoms with Gasteiger partial charge in [0.2, 0.25) is 5.91 Å². The number of hydrogen-bond acceptors (Lipinski definition) is 6. The van der Waals surface area contributed by atoms with E-state index >= 15 is 0 Å². The van der Waals surface area contributed by atoms with Crippen LogP contribution < -0.4 is 10.6 Å². The van der Waals surface area contributed by atoms with E-state index in [0.717, 1.165) is 11.3 Å². The smallest absolute Gasteiger partial charge is 0.355 e. The van der Waals surface area contributed by atoms with E-state index in [-0.39, 0.29) is 16.7 Å². The second kappa shape index (κ2) is 10.1. The van der Waals surface area contributed by atoms with Crippen LogP contribution in [0.5, 0.6) is 0 Å². The third-order valence-corrected chi connectivity index (χ3v) is 5.46. The van der Waals surface area contributed by atoms with Gasteiger partial charge in [0.15, 0.2) is 16.9 Å². The molecular formula is C20H25N3O5S. The summed E-state index contributed by atoms with van der Waals surface area (Å²) in [5, 5.41) is 24.8. The molecule has 9 heteroatoms. The van der Waals surface area contributed by atoms with Crippen molar-refractivity contribution in [3.8, 4) is 0 Å². The molecule has 2 aromatic rings. The molecule has 4 N–H and O–H groups in total. The highest BCUT2D eigenvalue weighted by Gasteiger charge is 2.27. The van der Waals surface area contributed by atoms with Crippen molar-refractivity contribution in [2.75, 3.05) is 5.32 Å². The first-order valence-corrected chi connectivity index (χ1v) is 10.1. The van der Waals surface area contributed by atoms with E-state index in [4.69, 9.17) is 0 Å². The summed E-state index contributed by atoms with van der Waals surface area (Å²) in [6, 6.07) is 7.54. The Bertz CT molecular complexity index is 866. The van der Waals surface area contributed by atoms with Gasteiger partial charge in [-0.05, 0) is 17.9 Å². The number of aliphatic hydroxyl groups is 1. The standard InChI is InChI=1S/C20H25N3O5S/c1-4-8-13(21-18(26)15(24)12-9-6-5-7-10-12)17(25)23-20-22-14(19(27)28)16(29-20)11(2)3/h5-7,9-11,13,15,24H,4,8H2,1-3H3,(H,21,26)(H,27,28)(H,22,23,25)/t13-,15+/m0/s1. The monoisotopic (exact) mass is 419 g/mol. The van der Waals surface area contributed by atoms with Gasteiger partial charge in [0.1, 0.15) is 6.04 Å². The number of carbonyl (C=O) groups excluding carboxylic acids is 2. The number of anilines is 1. The van der Waals surface area contributed by atoms with Crippen LogP contribution in [0.2, 0.25) is 0 Å². The first kappa shape index (κ1) is 22.5. The number of carboxylic acid groups (broad SMARTS) is 1. The van der Waals surface area contributed by atoms with Crippen molar-refractivity contribution in [3.05, 3.63) is 46.5 Å². The van der Waals surface area contributed by atoms with Gasteiger partial charge in [-0.2, -0.15) is 0 Å². The molecule has 2 amide bonds. The van der Waals surface area contributed by atoms with Gasteiger partial charge in [0.25, 0.3) is 5.91 Å². The van der Waals surface area contributed by atoms with E-state index in [0.29, 0.717) is 23.3 Å². The maximum absolute atomic E-state index is 12.7. The maximum Gasteiger partial charge on any atom is 0.355 e. The Hall–Kier alpha value is -2.78. The van der Waals surface area contributed by atoms with Crippen molar-refractivity contribution in [1.29, 1.82) is 0 Å². The zero-order valence-electron chi connectivity index (χ0n) is 16.5. The van der Waals surface area contributed by atoms with E-state index in [1.165, 1.54) is 0 Å². The molecule has 2 rings (SSSR count). The van der Waals surface area contributed by atoms with Crippen LogP contribution in [-0.4, -0.2) is 39.0 Å². The Morgan fingerprint density at radius 1 is 1.14 bits per heavy atom. The zero-order chi connectivity index (χ0) is 21.6. The highest BCUT2D eigenvalue weighted by atomic mass is 32.1. The van der Waals surface area contributed by atoms with Crippen LogP contribution in [0.4, 0.5) is 5.13 Å². The summed E-state index contributed by atoms with van der Waals surface area (Å²) >= 11 is 1.10. The summed E-state index contributed by atoms with van der Waals surface area (Å²) in [7, 11) is 0. The first-order chi connectivity index (χ1) is 13.7. The van der Waals surface area contributed by atoms with Gasteiger partial charge < -0.3 is 20.8 Å². The van der Waals surface area contributed by atoms with Crippen molar-refractivity contribution >= 4 is 34.3 Å². The lowest BCUT2D eigenvalue weighted by Gasteiger charge is -2.19. The number of rotatable bonds is 9. The number of benzene rings is 1. The first-order valence-electron chi connectivity index (χ1n) is 9.32. The van der Waals surface area contributed by atoms with E-state index in [1.54, 1.807) is 30.3 Å². The van der Waals surface area contributed by atoms with Crippen LogP contribution in [0.25, 0.3) is 0 Å². The normalized spacial score (nSPS) is 13.0. The Labute approximate surface area is 173 Å². The molecule has 1 aromatic heterocycles. The van der Waals surface area contributed by atoms with Crippen LogP contribution in [-0.2, 0) is 9.59 Å². The molecule has 0 aliphatic carbocycles. The number of nitrogens with one attached hydrogen (secondary N) is 2. The largest absolute Gasteiger partial charge is 0.476 e. The number of carbonyl (C=O) groups is 3. The van der Waals surface area contributed by atoms with Crippen LogP contribution >= 0.6 is 11.3 Å². The number of aliphatic hydroxyl groups excluding tert-OH is 1. The van der Waals surface area contributed by atoms with Gasteiger partial charge in [-0.25, -0.2) is 9.78 Å². The average molecular weight is 420 g/mol. The molecule has 0 spiro atoms. The minimum atomic E-state index is -1.39. The fraction of sp³-hybridized carbons (Fsp3) is 0.400. The molecule has 0 fully saturated rings. The lowest BCUT2D eigenvalue weighted by molar-refractivity contribution is -0.133. The predicted molar refractivity (Wildman–Crippen MR) is 110 cm³/mol. The summed E-state index contributed by atoms with van der Waals surface area (Å²) in [5.41, 5.74) is 0.337. The number of thiazole rings is 1. The van der Waals surface area contributed by atoms with Gasteiger partial charge in [-0.3, -0.25) is 9.59 Å². The van der Waals surface area contributed by atoms with Gasteiger partial charge in [-0.1, -0.05) is 57.5 Å². The van der Waals surface area contributed by atoms with Crippen LogP contribution in [0, 0.1) is 0 Å². The molecule has 0 saturated carbocycles. The third-order valence-electron chi connectivity index (χ3n) is 4.18. The number of amides is 2. The molecule has 0 bridgehead atoms. The number of nitrogens with zero attached hydrogens (tertiary/aromatic N) is 1. The molecule has 0 saturated heterocycles. The minimum absolute atomic E-state index is 0.0589. The second-order valence-corrected chi connectivity index (χ2v) is 7.87. The summed E-state index contributed by atoms with van der Waals surface area (Å²) in [6.45, 7) is 5.55. The summed E-state index contributed by atoms with van der Waals surface area (Å²) in [4.78, 5) is 41.0. The summed E-state index contributed by atoms with van der Waals surface area (Å²) in [6.07, 6.45) is -0.419. The Morgan fingerprint density at radius 2 is 1.79 bits per heavy atom. The van der Waals surface area contributed by atoms with Crippen molar-refractivity contribution in [2.24, 2.45) is 0 Å². The van der Waals surface area contributed by atoms with Crippen LogP contribution in [0.3, 0.4) is 0 Å². The second-order valence-electron chi connectivity index (χ2n) is 6.84. The SMILES string of the molecule is CCC[C@H](NC(=O)[C@H](O)c1ccccc1)C(=O)Nc1nc(C(=O)O)c(C(C)C)s1. The molecule has 1 heterocycles. The number of carboxylic acids is 1. The molecule has 29 heavy (non-hydrogen) atoms. The quantitative estimate of drug-likeness (QED) is 0.495. The maximum atomic E-state index is 12.7. The summed E-state index contributed by atoms with van der Waals surface area (Å²) in [5.74, 6) is -2.41. The number of aromatic nitrogens is 1. The van der Waals surface area contributed by atoms with Gasteiger partial charge in [0, 0.05) is 4.88 Å². The lowest BCUT2D eigenvalue weighted by atomic mass is 10.1. The molecule has 8 nitrogen and oxygen atoms in total. The Balaban J connectivity index is 2.12. The zero-order valence-corrected chi connectivity index (χ0v) is 17.3. The molecular weight excluding hydrogens is 394 g/mol. The molecule has 156 valence electrons. The van der Waals surface area contributed by atoms with Crippen molar-refractivity contribution in [2.45, 2.75) is 51.7 Å². The topological polar surface area (TPSA) is 129 Å². The van der Waals surface area contributed by atoms with Crippen molar-refractivity contribution in [1.82, 2.24) is 10.3 Å². The average Bonchev–Trinajstić information content (AvgIpc) is 3.12. The summed E-state index contributed by atoms with van der Waals surface area (Å²) < 4.78 is 0. The van der Waals surface area contributed by atoms with E-state index < -0.39 is 29.9 Å². The van der Waals surface area contributed by atoms with Gasteiger partial charge in [-0.15, -0.1) is 11.3 Å². The van der Waals surface area contributed by atoms with Crippen LogP contribution in [0.1, 0.15) is 66.6 Å². The molecule has 1 aromatic carbocycles. The van der Waals surface area contributed by atoms with Crippen LogP contribution in [0.15, 0.2) is 30.3 Å². The van der Waals surface area contributed by atoms with E-state index in [9.17, 15) is 24.6 Å². The minimum Gasteiger partial charge on any atom is -0.476 e. The van der Waals surface area contributed by atoms with E-state index in [1.807, 2.05) is 20.8 Å². The lowest BCUT2D eigenvalue weighted by Crippen LogP contribution is -2.45. The molecule has 0 aliphatic heterocycles. The fourth-order valence-electron chi connectivity index (χ4n) is 2.72.